The predicted octanol–water partition coefficient (Wildman–Crippen LogP) is 3.79. The molecule has 3 rings (SSSR count). The molecule has 20 heavy (non-hydrogen) atoms. The Labute approximate surface area is 118 Å². The summed E-state index contributed by atoms with van der Waals surface area (Å²) < 4.78 is 0. The van der Waals surface area contributed by atoms with Crippen LogP contribution in [0.25, 0.3) is 21.8 Å². The maximum absolute atomic E-state index is 6.20. The highest BCUT2D eigenvalue weighted by atomic mass is 14.7. The largest absolute Gasteiger partial charge is 0.398 e. The van der Waals surface area contributed by atoms with Crippen LogP contribution in [0.5, 0.6) is 0 Å². The van der Waals surface area contributed by atoms with Gasteiger partial charge >= 0.3 is 0 Å². The van der Waals surface area contributed by atoms with E-state index in [1.165, 1.54) is 10.9 Å². The number of nitrogens with zero attached hydrogens (tertiary/aromatic N) is 1. The number of aryl methyl sites for hydroxylation is 3. The van der Waals surface area contributed by atoms with Gasteiger partial charge in [0.1, 0.15) is 0 Å². The van der Waals surface area contributed by atoms with Gasteiger partial charge in [-0.05, 0) is 62.1 Å². The van der Waals surface area contributed by atoms with Crippen molar-refractivity contribution in [3.63, 3.8) is 0 Å². The number of nitrogen functional groups attached to an aromatic ring is 2. The van der Waals surface area contributed by atoms with E-state index in [9.17, 15) is 0 Å². The quantitative estimate of drug-likeness (QED) is 0.480. The van der Waals surface area contributed by atoms with Gasteiger partial charge in [0, 0.05) is 22.1 Å². The second-order valence-corrected chi connectivity index (χ2v) is 5.52. The maximum atomic E-state index is 6.20. The Bertz CT molecular complexity index is 864. The highest BCUT2D eigenvalue weighted by Gasteiger charge is 2.13. The lowest BCUT2D eigenvalue weighted by Crippen LogP contribution is -2.00. The molecule has 0 atom stereocenters. The predicted molar refractivity (Wildman–Crippen MR) is 87.0 cm³/mol. The topological polar surface area (TPSA) is 64.9 Å². The molecule has 0 spiro atoms. The average Bonchev–Trinajstić information content (AvgIpc) is 2.45. The van der Waals surface area contributed by atoms with Crippen molar-refractivity contribution in [3.8, 4) is 0 Å². The van der Waals surface area contributed by atoms with E-state index in [4.69, 9.17) is 16.5 Å². The van der Waals surface area contributed by atoms with Crippen molar-refractivity contribution in [3.05, 3.63) is 40.5 Å². The van der Waals surface area contributed by atoms with E-state index in [2.05, 4.69) is 19.9 Å². The van der Waals surface area contributed by atoms with Crippen molar-refractivity contribution in [2.75, 3.05) is 11.5 Å². The minimum Gasteiger partial charge on any atom is -0.398 e. The van der Waals surface area contributed by atoms with Crippen LogP contribution in [0.4, 0.5) is 11.4 Å². The fourth-order valence-corrected chi connectivity index (χ4v) is 2.78. The minimum atomic E-state index is 0.777. The highest BCUT2D eigenvalue weighted by molar-refractivity contribution is 6.00. The molecule has 0 saturated carbocycles. The molecule has 0 radical (unpaired) electrons. The molecule has 0 aliphatic rings. The van der Waals surface area contributed by atoms with E-state index < -0.39 is 0 Å². The number of nitrogens with two attached hydrogens (primary N) is 2. The van der Waals surface area contributed by atoms with Gasteiger partial charge in [0.05, 0.1) is 11.0 Å². The van der Waals surface area contributed by atoms with Gasteiger partial charge in [0.25, 0.3) is 0 Å². The zero-order valence-corrected chi connectivity index (χ0v) is 12.3. The molecule has 0 amide bonds. The molecule has 1 heterocycles. The number of anilines is 2. The fourth-order valence-electron chi connectivity index (χ4n) is 2.78. The van der Waals surface area contributed by atoms with Gasteiger partial charge < -0.3 is 11.5 Å². The van der Waals surface area contributed by atoms with E-state index in [1.807, 2.05) is 26.0 Å². The summed E-state index contributed by atoms with van der Waals surface area (Å²) in [4.78, 5) is 4.84. The number of aromatic nitrogens is 1. The molecule has 0 aliphatic heterocycles. The number of benzene rings is 2. The van der Waals surface area contributed by atoms with Crippen LogP contribution < -0.4 is 11.5 Å². The smallest absolute Gasteiger partial charge is 0.0762 e. The van der Waals surface area contributed by atoms with Crippen LogP contribution in [0.1, 0.15) is 22.3 Å². The van der Waals surface area contributed by atoms with Crippen molar-refractivity contribution >= 4 is 33.2 Å². The van der Waals surface area contributed by atoms with Crippen LogP contribution >= 0.6 is 0 Å². The van der Waals surface area contributed by atoms with E-state index in [0.29, 0.717) is 0 Å². The van der Waals surface area contributed by atoms with Crippen LogP contribution in [0.3, 0.4) is 0 Å². The number of hydrogen-bond donors (Lipinski definition) is 2. The normalized spacial score (nSPS) is 11.4. The second kappa shape index (κ2) is 4.10. The molecule has 3 heteroatoms. The summed E-state index contributed by atoms with van der Waals surface area (Å²) in [5.74, 6) is 0. The van der Waals surface area contributed by atoms with E-state index in [1.54, 1.807) is 0 Å². The summed E-state index contributed by atoms with van der Waals surface area (Å²) in [6.07, 6.45) is 0. The summed E-state index contributed by atoms with van der Waals surface area (Å²) in [6.45, 7) is 8.21. The Morgan fingerprint density at radius 3 is 2.20 bits per heavy atom. The summed E-state index contributed by atoms with van der Waals surface area (Å²) in [5.41, 5.74) is 20.2. The first kappa shape index (κ1) is 12.7. The molecule has 0 saturated heterocycles. The van der Waals surface area contributed by atoms with Gasteiger partial charge in [0.15, 0.2) is 0 Å². The van der Waals surface area contributed by atoms with Crippen molar-refractivity contribution in [2.24, 2.45) is 0 Å². The third-order valence-corrected chi connectivity index (χ3v) is 4.41. The Balaban J connectivity index is 2.58. The van der Waals surface area contributed by atoms with Gasteiger partial charge in [-0.1, -0.05) is 6.07 Å². The maximum Gasteiger partial charge on any atom is 0.0762 e. The van der Waals surface area contributed by atoms with Gasteiger partial charge in [0.2, 0.25) is 0 Å². The lowest BCUT2D eigenvalue weighted by molar-refractivity contribution is 1.32. The van der Waals surface area contributed by atoms with Crippen molar-refractivity contribution in [1.29, 1.82) is 0 Å². The fraction of sp³-hybridized carbons (Fsp3) is 0.235. The third kappa shape index (κ3) is 1.56. The molecular formula is C17H19N3. The first-order chi connectivity index (χ1) is 9.41. The highest BCUT2D eigenvalue weighted by Crippen LogP contribution is 2.33. The molecule has 0 unspecified atom stereocenters. The van der Waals surface area contributed by atoms with Crippen LogP contribution in [0, 0.1) is 27.7 Å². The zero-order valence-electron chi connectivity index (χ0n) is 12.3. The van der Waals surface area contributed by atoms with Crippen molar-refractivity contribution < 1.29 is 0 Å². The summed E-state index contributed by atoms with van der Waals surface area (Å²) in [5, 5.41) is 2.29. The summed E-state index contributed by atoms with van der Waals surface area (Å²) in [7, 11) is 0. The van der Waals surface area contributed by atoms with Gasteiger partial charge in [-0.2, -0.15) is 0 Å². The SMILES string of the molecule is Cc1c(N)c(C)c2nc3c(C)c(N)ccc3cc2c1C. The molecule has 2 aromatic carbocycles. The third-order valence-electron chi connectivity index (χ3n) is 4.41. The van der Waals surface area contributed by atoms with Crippen molar-refractivity contribution in [1.82, 2.24) is 4.98 Å². The van der Waals surface area contributed by atoms with Gasteiger partial charge in [-0.25, -0.2) is 4.98 Å². The lowest BCUT2D eigenvalue weighted by Gasteiger charge is -2.15. The molecule has 3 nitrogen and oxygen atoms in total. The monoisotopic (exact) mass is 265 g/mol. The van der Waals surface area contributed by atoms with Crippen LogP contribution in [0.2, 0.25) is 0 Å². The minimum absolute atomic E-state index is 0.777. The summed E-state index contributed by atoms with van der Waals surface area (Å²) >= 11 is 0. The lowest BCUT2D eigenvalue weighted by atomic mass is 9.96. The number of fused-ring (bicyclic) bond motifs is 2. The van der Waals surface area contributed by atoms with Crippen LogP contribution in [-0.2, 0) is 0 Å². The number of rotatable bonds is 0. The molecular weight excluding hydrogens is 246 g/mol. The summed E-state index contributed by atoms with van der Waals surface area (Å²) in [6, 6.07) is 6.17. The molecule has 1 aromatic heterocycles. The Hall–Kier alpha value is -2.29. The van der Waals surface area contributed by atoms with Crippen LogP contribution in [-0.4, -0.2) is 4.98 Å². The first-order valence-corrected chi connectivity index (χ1v) is 6.76. The Morgan fingerprint density at radius 1 is 0.800 bits per heavy atom. The van der Waals surface area contributed by atoms with Gasteiger partial charge in [-0.15, -0.1) is 0 Å². The molecule has 0 fully saturated rings. The zero-order chi connectivity index (χ0) is 14.6. The van der Waals surface area contributed by atoms with Gasteiger partial charge in [-0.3, -0.25) is 0 Å². The van der Waals surface area contributed by atoms with Crippen molar-refractivity contribution in [2.45, 2.75) is 27.7 Å². The van der Waals surface area contributed by atoms with E-state index in [0.717, 1.165) is 44.5 Å². The Morgan fingerprint density at radius 2 is 1.50 bits per heavy atom. The van der Waals surface area contributed by atoms with E-state index >= 15 is 0 Å². The molecule has 3 aromatic rings. The molecule has 4 N–H and O–H groups in total. The Kier molecular flexibility index (Phi) is 2.61. The number of hydrogen-bond acceptors (Lipinski definition) is 3. The molecule has 102 valence electrons. The first-order valence-electron chi connectivity index (χ1n) is 6.76. The standard InChI is InChI=1S/C17H19N3/c1-8-9(2)15(19)11(4)17-13(8)7-12-5-6-14(18)10(3)16(12)20-17/h5-7H,18-19H2,1-4H3. The van der Waals surface area contributed by atoms with E-state index in [-0.39, 0.29) is 0 Å². The molecule has 0 bridgehead atoms. The van der Waals surface area contributed by atoms with Crippen LogP contribution in [0.15, 0.2) is 18.2 Å². The number of pyridine rings is 1. The average molecular weight is 265 g/mol. The second-order valence-electron chi connectivity index (χ2n) is 5.52. The molecule has 0 aliphatic carbocycles.